The Labute approximate surface area is 121 Å². The minimum Gasteiger partial charge on any atom is -0.352 e. The van der Waals surface area contributed by atoms with E-state index in [1.165, 1.54) is 0 Å². The lowest BCUT2D eigenvalue weighted by Crippen LogP contribution is -2.30. The topological polar surface area (TPSA) is 91.0 Å². The third-order valence-corrected chi connectivity index (χ3v) is 3.64. The summed E-state index contributed by atoms with van der Waals surface area (Å²) in [6.45, 7) is 2.11. The standard InChI is InChI=1S/C14H17N5O2/c20-13-3-1-7-19(13)8-2-6-15-14(21)10-4-5-11-12(9-10)17-18-16-11/h4-5,9H,1-3,6-8H2,(H,15,21)(H,16,17,18). The summed E-state index contributed by atoms with van der Waals surface area (Å²) in [5.74, 6) is 0.0884. The van der Waals surface area contributed by atoms with Crippen LogP contribution < -0.4 is 5.32 Å². The molecule has 3 rings (SSSR count). The van der Waals surface area contributed by atoms with Crippen LogP contribution in [0.1, 0.15) is 29.6 Å². The minimum atomic E-state index is -0.132. The van der Waals surface area contributed by atoms with E-state index in [0.29, 0.717) is 30.6 Å². The number of nitrogens with zero attached hydrogens (tertiary/aromatic N) is 3. The quantitative estimate of drug-likeness (QED) is 0.792. The Morgan fingerprint density at radius 2 is 2.19 bits per heavy atom. The number of rotatable bonds is 5. The number of fused-ring (bicyclic) bond motifs is 1. The summed E-state index contributed by atoms with van der Waals surface area (Å²) in [5.41, 5.74) is 1.97. The van der Waals surface area contributed by atoms with E-state index in [9.17, 15) is 9.59 Å². The molecular formula is C14H17N5O2. The van der Waals surface area contributed by atoms with Crippen LogP contribution in [0.5, 0.6) is 0 Å². The zero-order valence-corrected chi connectivity index (χ0v) is 11.6. The highest BCUT2D eigenvalue weighted by Crippen LogP contribution is 2.11. The van der Waals surface area contributed by atoms with Crippen LogP contribution in [0.2, 0.25) is 0 Å². The molecule has 110 valence electrons. The van der Waals surface area contributed by atoms with E-state index in [1.807, 2.05) is 4.90 Å². The summed E-state index contributed by atoms with van der Waals surface area (Å²) in [6.07, 6.45) is 2.37. The molecule has 0 saturated carbocycles. The van der Waals surface area contributed by atoms with E-state index >= 15 is 0 Å². The third-order valence-electron chi connectivity index (χ3n) is 3.64. The fraction of sp³-hybridized carbons (Fsp3) is 0.429. The molecule has 1 aliphatic heterocycles. The molecule has 1 fully saturated rings. The molecule has 2 aromatic rings. The highest BCUT2D eigenvalue weighted by Gasteiger charge is 2.19. The maximum absolute atomic E-state index is 12.0. The van der Waals surface area contributed by atoms with Gasteiger partial charge >= 0.3 is 0 Å². The van der Waals surface area contributed by atoms with Crippen LogP contribution in [-0.2, 0) is 4.79 Å². The molecule has 2 N–H and O–H groups in total. The van der Waals surface area contributed by atoms with Crippen molar-refractivity contribution in [1.29, 1.82) is 0 Å². The maximum atomic E-state index is 12.0. The second-order valence-corrected chi connectivity index (χ2v) is 5.12. The molecule has 0 bridgehead atoms. The summed E-state index contributed by atoms with van der Waals surface area (Å²) in [7, 11) is 0. The number of hydrogen-bond acceptors (Lipinski definition) is 4. The number of carbonyl (C=O) groups excluding carboxylic acids is 2. The number of likely N-dealkylation sites (tertiary alicyclic amines) is 1. The number of aromatic nitrogens is 3. The smallest absolute Gasteiger partial charge is 0.251 e. The molecule has 21 heavy (non-hydrogen) atoms. The number of amides is 2. The number of nitrogens with one attached hydrogen (secondary N) is 2. The molecular weight excluding hydrogens is 270 g/mol. The molecule has 2 heterocycles. The molecule has 1 aromatic carbocycles. The van der Waals surface area contributed by atoms with Crippen molar-refractivity contribution >= 4 is 22.8 Å². The van der Waals surface area contributed by atoms with Crippen LogP contribution >= 0.6 is 0 Å². The monoisotopic (exact) mass is 287 g/mol. The molecule has 1 aromatic heterocycles. The summed E-state index contributed by atoms with van der Waals surface area (Å²) < 4.78 is 0. The van der Waals surface area contributed by atoms with Crippen molar-refractivity contribution in [3.8, 4) is 0 Å². The van der Waals surface area contributed by atoms with Crippen molar-refractivity contribution in [1.82, 2.24) is 25.6 Å². The number of aromatic amines is 1. The van der Waals surface area contributed by atoms with Crippen LogP contribution in [0.3, 0.4) is 0 Å². The van der Waals surface area contributed by atoms with Crippen molar-refractivity contribution in [2.24, 2.45) is 0 Å². The van der Waals surface area contributed by atoms with Crippen LogP contribution in [0.4, 0.5) is 0 Å². The third kappa shape index (κ3) is 3.01. The van der Waals surface area contributed by atoms with Crippen LogP contribution in [0, 0.1) is 0 Å². The van der Waals surface area contributed by atoms with E-state index in [-0.39, 0.29) is 11.8 Å². The van der Waals surface area contributed by atoms with E-state index in [2.05, 4.69) is 20.7 Å². The van der Waals surface area contributed by atoms with Gasteiger partial charge in [0.25, 0.3) is 5.91 Å². The van der Waals surface area contributed by atoms with Gasteiger partial charge in [0.2, 0.25) is 5.91 Å². The number of carbonyl (C=O) groups is 2. The Balaban J connectivity index is 1.48. The van der Waals surface area contributed by atoms with Gasteiger partial charge in [-0.1, -0.05) is 0 Å². The Hall–Kier alpha value is -2.44. The van der Waals surface area contributed by atoms with Gasteiger partial charge in [0.1, 0.15) is 11.0 Å². The molecule has 7 nitrogen and oxygen atoms in total. The number of hydrogen-bond donors (Lipinski definition) is 2. The summed E-state index contributed by atoms with van der Waals surface area (Å²) in [6, 6.07) is 5.19. The summed E-state index contributed by atoms with van der Waals surface area (Å²) in [4.78, 5) is 25.3. The lowest BCUT2D eigenvalue weighted by atomic mass is 10.2. The second kappa shape index (κ2) is 5.90. The highest BCUT2D eigenvalue weighted by atomic mass is 16.2. The fourth-order valence-electron chi connectivity index (χ4n) is 2.50. The first-order valence-electron chi connectivity index (χ1n) is 7.10. The molecule has 0 aliphatic carbocycles. The average molecular weight is 287 g/mol. The van der Waals surface area contributed by atoms with E-state index < -0.39 is 0 Å². The Morgan fingerprint density at radius 1 is 1.33 bits per heavy atom. The average Bonchev–Trinajstić information content (AvgIpc) is 3.11. The molecule has 1 saturated heterocycles. The Kier molecular flexibility index (Phi) is 3.81. The van der Waals surface area contributed by atoms with Gasteiger partial charge in [0.05, 0.1) is 0 Å². The fourth-order valence-corrected chi connectivity index (χ4v) is 2.50. The van der Waals surface area contributed by atoms with Crippen molar-refractivity contribution in [2.75, 3.05) is 19.6 Å². The van der Waals surface area contributed by atoms with Gasteiger partial charge in [-0.2, -0.15) is 15.4 Å². The Morgan fingerprint density at radius 3 is 3.00 bits per heavy atom. The van der Waals surface area contributed by atoms with Crippen molar-refractivity contribution in [3.63, 3.8) is 0 Å². The first-order valence-corrected chi connectivity index (χ1v) is 7.10. The number of H-pyrrole nitrogens is 1. The SMILES string of the molecule is O=C(NCCCN1CCCC1=O)c1ccc2n[nH]nc2c1. The lowest BCUT2D eigenvalue weighted by molar-refractivity contribution is -0.127. The van der Waals surface area contributed by atoms with Crippen molar-refractivity contribution in [3.05, 3.63) is 23.8 Å². The van der Waals surface area contributed by atoms with Crippen LogP contribution in [0.15, 0.2) is 18.2 Å². The molecule has 7 heteroatoms. The summed E-state index contributed by atoms with van der Waals surface area (Å²) in [5, 5.41) is 13.3. The maximum Gasteiger partial charge on any atom is 0.251 e. The highest BCUT2D eigenvalue weighted by molar-refractivity contribution is 5.97. The van der Waals surface area contributed by atoms with Crippen LogP contribution in [-0.4, -0.2) is 51.8 Å². The van der Waals surface area contributed by atoms with Gasteiger partial charge in [-0.25, -0.2) is 0 Å². The lowest BCUT2D eigenvalue weighted by Gasteiger charge is -2.15. The van der Waals surface area contributed by atoms with Gasteiger partial charge in [0, 0.05) is 31.6 Å². The molecule has 0 unspecified atom stereocenters. The Bertz CT molecular complexity index is 666. The van der Waals surface area contributed by atoms with E-state index in [4.69, 9.17) is 0 Å². The largest absolute Gasteiger partial charge is 0.352 e. The summed E-state index contributed by atoms with van der Waals surface area (Å²) >= 11 is 0. The van der Waals surface area contributed by atoms with Gasteiger partial charge in [-0.3, -0.25) is 9.59 Å². The zero-order chi connectivity index (χ0) is 14.7. The van der Waals surface area contributed by atoms with Gasteiger partial charge in [-0.05, 0) is 31.0 Å². The second-order valence-electron chi connectivity index (χ2n) is 5.12. The zero-order valence-electron chi connectivity index (χ0n) is 11.6. The first kappa shape index (κ1) is 13.5. The molecule has 2 amide bonds. The van der Waals surface area contributed by atoms with Crippen molar-refractivity contribution < 1.29 is 9.59 Å². The van der Waals surface area contributed by atoms with Crippen LogP contribution in [0.25, 0.3) is 11.0 Å². The van der Waals surface area contributed by atoms with Crippen molar-refractivity contribution in [2.45, 2.75) is 19.3 Å². The molecule has 0 atom stereocenters. The molecule has 1 aliphatic rings. The predicted octanol–water partition coefficient (Wildman–Crippen LogP) is 0.700. The normalized spacial score (nSPS) is 14.9. The minimum absolute atomic E-state index is 0.132. The number of benzene rings is 1. The first-order chi connectivity index (χ1) is 10.2. The molecule has 0 radical (unpaired) electrons. The molecule has 0 spiro atoms. The van der Waals surface area contributed by atoms with Gasteiger partial charge < -0.3 is 10.2 Å². The predicted molar refractivity (Wildman–Crippen MR) is 76.7 cm³/mol. The van der Waals surface area contributed by atoms with E-state index in [1.54, 1.807) is 18.2 Å². The van der Waals surface area contributed by atoms with Gasteiger partial charge in [0.15, 0.2) is 0 Å². The van der Waals surface area contributed by atoms with Gasteiger partial charge in [-0.15, -0.1) is 0 Å². The van der Waals surface area contributed by atoms with E-state index in [0.717, 1.165) is 24.9 Å².